The van der Waals surface area contributed by atoms with Crippen molar-refractivity contribution in [2.24, 2.45) is 0 Å². The molecule has 0 saturated heterocycles. The number of carbonyl (C=O) groups is 1. The summed E-state index contributed by atoms with van der Waals surface area (Å²) >= 11 is 1.51. The molecule has 0 aliphatic heterocycles. The second kappa shape index (κ2) is 7.59. The summed E-state index contributed by atoms with van der Waals surface area (Å²) in [5, 5.41) is 2.88. The minimum absolute atomic E-state index is 0.0201. The minimum Gasteiger partial charge on any atom is -0.496 e. The summed E-state index contributed by atoms with van der Waals surface area (Å²) in [6.07, 6.45) is 0. The molecule has 0 heterocycles. The average molecular weight is 302 g/mol. The van der Waals surface area contributed by atoms with Gasteiger partial charge in [0.25, 0.3) is 0 Å². The van der Waals surface area contributed by atoms with E-state index in [1.54, 1.807) is 19.2 Å². The molecule has 2 aromatic rings. The van der Waals surface area contributed by atoms with Crippen LogP contribution in [-0.2, 0) is 11.3 Å². The zero-order valence-electron chi connectivity index (χ0n) is 11.8. The van der Waals surface area contributed by atoms with Gasteiger partial charge in [-0.3, -0.25) is 4.79 Å². The van der Waals surface area contributed by atoms with Crippen LogP contribution in [0.5, 0.6) is 5.75 Å². The lowest BCUT2D eigenvalue weighted by molar-refractivity contribution is -0.118. The molecule has 110 valence electrons. The Morgan fingerprint density at radius 3 is 2.71 bits per heavy atom. The molecule has 4 nitrogen and oxygen atoms in total. The second-order valence-electron chi connectivity index (χ2n) is 4.45. The maximum absolute atomic E-state index is 11.9. The molecule has 0 radical (unpaired) electrons. The van der Waals surface area contributed by atoms with E-state index in [9.17, 15) is 4.79 Å². The number of anilines is 1. The van der Waals surface area contributed by atoms with Gasteiger partial charge in [-0.2, -0.15) is 0 Å². The average Bonchev–Trinajstić information content (AvgIpc) is 2.52. The minimum atomic E-state index is -0.0201. The molecule has 5 heteroatoms. The lowest BCUT2D eigenvalue weighted by Crippen LogP contribution is -2.24. The van der Waals surface area contributed by atoms with Crippen LogP contribution in [0.1, 0.15) is 5.56 Å². The molecule has 0 saturated carbocycles. The number of nitrogen functional groups attached to an aromatic ring is 1. The van der Waals surface area contributed by atoms with E-state index in [1.807, 2.05) is 36.4 Å². The number of hydrogen-bond donors (Lipinski definition) is 2. The first-order chi connectivity index (χ1) is 10.2. The largest absolute Gasteiger partial charge is 0.496 e. The van der Waals surface area contributed by atoms with Crippen LogP contribution in [0, 0.1) is 0 Å². The van der Waals surface area contributed by atoms with Crippen molar-refractivity contribution in [2.45, 2.75) is 11.4 Å². The number of hydrogen-bond acceptors (Lipinski definition) is 4. The molecule has 0 bridgehead atoms. The topological polar surface area (TPSA) is 64.3 Å². The van der Waals surface area contributed by atoms with Crippen molar-refractivity contribution in [1.29, 1.82) is 0 Å². The molecule has 3 N–H and O–H groups in total. The fourth-order valence-electron chi connectivity index (χ4n) is 1.85. The van der Waals surface area contributed by atoms with E-state index < -0.39 is 0 Å². The molecule has 0 atom stereocenters. The highest BCUT2D eigenvalue weighted by Crippen LogP contribution is 2.21. The summed E-state index contributed by atoms with van der Waals surface area (Å²) < 4.78 is 5.25. The quantitative estimate of drug-likeness (QED) is 0.636. The van der Waals surface area contributed by atoms with Crippen molar-refractivity contribution in [3.8, 4) is 5.75 Å². The first-order valence-corrected chi connectivity index (χ1v) is 7.54. The van der Waals surface area contributed by atoms with Gasteiger partial charge in [0.05, 0.1) is 12.9 Å². The Labute approximate surface area is 128 Å². The summed E-state index contributed by atoms with van der Waals surface area (Å²) in [7, 11) is 1.60. The van der Waals surface area contributed by atoms with Crippen LogP contribution < -0.4 is 15.8 Å². The van der Waals surface area contributed by atoms with Crippen molar-refractivity contribution in [3.05, 3.63) is 54.1 Å². The van der Waals surface area contributed by atoms with E-state index in [2.05, 4.69) is 5.32 Å². The zero-order chi connectivity index (χ0) is 15.1. The van der Waals surface area contributed by atoms with Crippen LogP contribution in [0.3, 0.4) is 0 Å². The van der Waals surface area contributed by atoms with Crippen molar-refractivity contribution < 1.29 is 9.53 Å². The molecule has 2 aromatic carbocycles. The first-order valence-electron chi connectivity index (χ1n) is 6.56. The Bertz CT molecular complexity index is 602. The van der Waals surface area contributed by atoms with Crippen LogP contribution in [0.2, 0.25) is 0 Å². The highest BCUT2D eigenvalue weighted by Gasteiger charge is 2.07. The summed E-state index contributed by atoms with van der Waals surface area (Å²) in [5.74, 6) is 1.09. The summed E-state index contributed by atoms with van der Waals surface area (Å²) in [5.41, 5.74) is 7.27. The molecule has 0 aromatic heterocycles. The number of thioether (sulfide) groups is 1. The molecular formula is C16H18N2O2S. The number of nitrogens with two attached hydrogens (primary N) is 1. The smallest absolute Gasteiger partial charge is 0.230 e. The summed E-state index contributed by atoms with van der Waals surface area (Å²) in [6, 6.07) is 15.2. The monoisotopic (exact) mass is 302 g/mol. The van der Waals surface area contributed by atoms with Gasteiger partial charge in [0.1, 0.15) is 5.75 Å². The number of nitrogens with one attached hydrogen (secondary N) is 1. The molecular weight excluding hydrogens is 284 g/mol. The van der Waals surface area contributed by atoms with Crippen molar-refractivity contribution >= 4 is 23.4 Å². The van der Waals surface area contributed by atoms with Crippen molar-refractivity contribution in [1.82, 2.24) is 5.32 Å². The fourth-order valence-corrected chi connectivity index (χ4v) is 2.60. The molecule has 2 rings (SSSR count). The molecule has 0 spiro atoms. The fraction of sp³-hybridized carbons (Fsp3) is 0.188. The second-order valence-corrected chi connectivity index (χ2v) is 5.50. The summed E-state index contributed by atoms with van der Waals surface area (Å²) in [6.45, 7) is 0.405. The van der Waals surface area contributed by atoms with E-state index in [0.717, 1.165) is 16.2 Å². The van der Waals surface area contributed by atoms with E-state index >= 15 is 0 Å². The van der Waals surface area contributed by atoms with Crippen LogP contribution in [0.15, 0.2) is 53.4 Å². The third kappa shape index (κ3) is 4.72. The Kier molecular flexibility index (Phi) is 5.51. The third-order valence-corrected chi connectivity index (χ3v) is 3.91. The first kappa shape index (κ1) is 15.3. The highest BCUT2D eigenvalue weighted by atomic mass is 32.2. The van der Waals surface area contributed by atoms with Gasteiger partial charge in [-0.15, -0.1) is 11.8 Å². The van der Waals surface area contributed by atoms with Crippen LogP contribution in [0.25, 0.3) is 0 Å². The predicted octanol–water partition coefficient (Wildman–Crippen LogP) is 2.69. The molecule has 0 fully saturated rings. The predicted molar refractivity (Wildman–Crippen MR) is 86.4 cm³/mol. The van der Waals surface area contributed by atoms with E-state index in [1.165, 1.54) is 11.8 Å². The molecule has 1 amide bonds. The maximum atomic E-state index is 11.9. The van der Waals surface area contributed by atoms with Crippen molar-refractivity contribution in [2.75, 3.05) is 18.6 Å². The number of rotatable bonds is 6. The van der Waals surface area contributed by atoms with Gasteiger partial charge in [-0.25, -0.2) is 0 Å². The highest BCUT2D eigenvalue weighted by molar-refractivity contribution is 8.00. The lowest BCUT2D eigenvalue weighted by atomic mass is 10.2. The zero-order valence-corrected chi connectivity index (χ0v) is 12.7. The van der Waals surface area contributed by atoms with E-state index in [0.29, 0.717) is 18.0 Å². The maximum Gasteiger partial charge on any atom is 0.230 e. The Morgan fingerprint density at radius 1 is 1.24 bits per heavy atom. The molecule has 21 heavy (non-hydrogen) atoms. The van der Waals surface area contributed by atoms with Gasteiger partial charge in [-0.1, -0.05) is 18.2 Å². The standard InChI is InChI=1S/C16H18N2O2S/c1-20-15-8-7-13(17)9-12(15)10-18-16(19)11-21-14-5-3-2-4-6-14/h2-9H,10-11,17H2,1H3,(H,18,19). The SMILES string of the molecule is COc1ccc(N)cc1CNC(=O)CSc1ccccc1. The Morgan fingerprint density at radius 2 is 2.00 bits per heavy atom. The van der Waals surface area contributed by atoms with Crippen LogP contribution >= 0.6 is 11.8 Å². The van der Waals surface area contributed by atoms with Crippen molar-refractivity contribution in [3.63, 3.8) is 0 Å². The lowest BCUT2D eigenvalue weighted by Gasteiger charge is -2.10. The normalized spacial score (nSPS) is 10.1. The van der Waals surface area contributed by atoms with E-state index in [-0.39, 0.29) is 5.91 Å². The summed E-state index contributed by atoms with van der Waals surface area (Å²) in [4.78, 5) is 12.9. The van der Waals surface area contributed by atoms with Gasteiger partial charge < -0.3 is 15.8 Å². The molecule has 0 aliphatic rings. The van der Waals surface area contributed by atoms with E-state index in [4.69, 9.17) is 10.5 Å². The Balaban J connectivity index is 1.85. The van der Waals surface area contributed by atoms with Crippen LogP contribution in [0.4, 0.5) is 5.69 Å². The molecule has 0 unspecified atom stereocenters. The molecule has 0 aliphatic carbocycles. The number of ether oxygens (including phenoxy) is 1. The van der Waals surface area contributed by atoms with Gasteiger partial charge in [0, 0.05) is 22.7 Å². The van der Waals surface area contributed by atoms with Gasteiger partial charge in [-0.05, 0) is 30.3 Å². The number of benzene rings is 2. The van der Waals surface area contributed by atoms with Gasteiger partial charge in [0.2, 0.25) is 5.91 Å². The number of amides is 1. The Hall–Kier alpha value is -2.14. The number of carbonyl (C=O) groups excluding carboxylic acids is 1. The third-order valence-electron chi connectivity index (χ3n) is 2.89. The van der Waals surface area contributed by atoms with Gasteiger partial charge in [0.15, 0.2) is 0 Å². The van der Waals surface area contributed by atoms with Crippen LogP contribution in [-0.4, -0.2) is 18.8 Å². The van der Waals surface area contributed by atoms with Gasteiger partial charge >= 0.3 is 0 Å². The number of methoxy groups -OCH3 is 1.